The summed E-state index contributed by atoms with van der Waals surface area (Å²) in [6, 6.07) is 5.77. The number of carbonyl (C=O) groups excluding carboxylic acids is 1. The van der Waals surface area contributed by atoms with E-state index in [0.717, 1.165) is 56.4 Å². The minimum atomic E-state index is -0.586. The van der Waals surface area contributed by atoms with Crippen molar-refractivity contribution in [2.45, 2.75) is 32.1 Å². The van der Waals surface area contributed by atoms with Crippen molar-refractivity contribution in [1.29, 1.82) is 0 Å². The van der Waals surface area contributed by atoms with Gasteiger partial charge in [0.05, 0.1) is 19.6 Å². The standard InChI is InChI=1S/C20H30N2O3.ClH/c1-20(2,16-5-6-17(24-3)18(11-16)25-4)19(23)22-9-7-14-12-21-13-15(14)8-10-22;/h5-6,11,14-15,21H,7-10,12-13H2,1-4H3;1H/t14-,15+;. The fraction of sp³-hybridized carbons (Fsp3) is 0.650. The average Bonchev–Trinajstić information content (AvgIpc) is 2.98. The second-order valence-electron chi connectivity index (χ2n) is 7.74. The van der Waals surface area contributed by atoms with E-state index >= 15 is 0 Å². The Morgan fingerprint density at radius 2 is 1.65 bits per heavy atom. The summed E-state index contributed by atoms with van der Waals surface area (Å²) in [5.74, 6) is 3.00. The number of amides is 1. The number of benzene rings is 1. The van der Waals surface area contributed by atoms with Gasteiger partial charge in [0.25, 0.3) is 0 Å². The number of nitrogens with zero attached hydrogens (tertiary/aromatic N) is 1. The van der Waals surface area contributed by atoms with Crippen LogP contribution < -0.4 is 14.8 Å². The van der Waals surface area contributed by atoms with Crippen molar-refractivity contribution < 1.29 is 14.3 Å². The molecular weight excluding hydrogens is 352 g/mol. The van der Waals surface area contributed by atoms with Crippen LogP contribution in [0.15, 0.2) is 18.2 Å². The molecule has 2 heterocycles. The van der Waals surface area contributed by atoms with Gasteiger partial charge in [0, 0.05) is 13.1 Å². The Hall–Kier alpha value is -1.46. The summed E-state index contributed by atoms with van der Waals surface area (Å²) in [6.07, 6.45) is 2.21. The molecular formula is C20H31ClN2O3. The maximum atomic E-state index is 13.3. The number of hydrogen-bond acceptors (Lipinski definition) is 4. The lowest BCUT2D eigenvalue weighted by Gasteiger charge is -2.32. The topological polar surface area (TPSA) is 50.8 Å². The Kier molecular flexibility index (Phi) is 6.80. The Balaban J connectivity index is 0.00000243. The van der Waals surface area contributed by atoms with E-state index in [-0.39, 0.29) is 18.3 Å². The van der Waals surface area contributed by atoms with E-state index in [0.29, 0.717) is 11.5 Å². The summed E-state index contributed by atoms with van der Waals surface area (Å²) in [6.45, 7) is 7.93. The Bertz CT molecular complexity index is 621. The first kappa shape index (κ1) is 20.8. The van der Waals surface area contributed by atoms with E-state index in [2.05, 4.69) is 10.2 Å². The van der Waals surface area contributed by atoms with Crippen LogP contribution in [0.2, 0.25) is 0 Å². The molecule has 0 unspecified atom stereocenters. The highest BCUT2D eigenvalue weighted by atomic mass is 35.5. The third-order valence-corrected chi connectivity index (χ3v) is 5.95. The molecule has 26 heavy (non-hydrogen) atoms. The van der Waals surface area contributed by atoms with Crippen molar-refractivity contribution in [1.82, 2.24) is 10.2 Å². The van der Waals surface area contributed by atoms with Crippen LogP contribution in [0.4, 0.5) is 0 Å². The predicted octanol–water partition coefficient (Wildman–Crippen LogP) is 2.86. The minimum absolute atomic E-state index is 0. The summed E-state index contributed by atoms with van der Waals surface area (Å²) in [4.78, 5) is 15.3. The molecule has 0 saturated carbocycles. The van der Waals surface area contributed by atoms with Crippen LogP contribution in [0, 0.1) is 11.8 Å². The second-order valence-corrected chi connectivity index (χ2v) is 7.74. The van der Waals surface area contributed by atoms with Gasteiger partial charge in [0.1, 0.15) is 0 Å². The molecule has 2 aliphatic heterocycles. The number of methoxy groups -OCH3 is 2. The highest BCUT2D eigenvalue weighted by molar-refractivity contribution is 5.87. The van der Waals surface area contributed by atoms with Crippen LogP contribution in [0.25, 0.3) is 0 Å². The average molecular weight is 383 g/mol. The number of rotatable bonds is 4. The van der Waals surface area contributed by atoms with Gasteiger partial charge in [0.15, 0.2) is 11.5 Å². The molecule has 0 spiro atoms. The van der Waals surface area contributed by atoms with E-state index < -0.39 is 5.41 Å². The third kappa shape index (κ3) is 3.94. The first-order valence-electron chi connectivity index (χ1n) is 9.20. The lowest BCUT2D eigenvalue weighted by atomic mass is 9.83. The van der Waals surface area contributed by atoms with Crippen molar-refractivity contribution in [3.05, 3.63) is 23.8 Å². The molecule has 0 radical (unpaired) electrons. The van der Waals surface area contributed by atoms with Crippen molar-refractivity contribution >= 4 is 18.3 Å². The van der Waals surface area contributed by atoms with Gasteiger partial charge in [-0.1, -0.05) is 6.07 Å². The number of carbonyl (C=O) groups is 1. The van der Waals surface area contributed by atoms with Crippen LogP contribution >= 0.6 is 12.4 Å². The lowest BCUT2D eigenvalue weighted by molar-refractivity contribution is -0.136. The van der Waals surface area contributed by atoms with E-state index in [9.17, 15) is 4.79 Å². The summed E-state index contributed by atoms with van der Waals surface area (Å²) >= 11 is 0. The first-order chi connectivity index (χ1) is 12.0. The highest BCUT2D eigenvalue weighted by Gasteiger charge is 2.37. The Morgan fingerprint density at radius 1 is 1.08 bits per heavy atom. The number of nitrogens with one attached hydrogen (secondary N) is 1. The van der Waals surface area contributed by atoms with E-state index in [4.69, 9.17) is 9.47 Å². The molecule has 0 bridgehead atoms. The van der Waals surface area contributed by atoms with Crippen LogP contribution in [-0.4, -0.2) is 51.2 Å². The third-order valence-electron chi connectivity index (χ3n) is 5.95. The van der Waals surface area contributed by atoms with Gasteiger partial charge >= 0.3 is 0 Å². The minimum Gasteiger partial charge on any atom is -0.493 e. The molecule has 1 aromatic carbocycles. The molecule has 6 heteroatoms. The highest BCUT2D eigenvalue weighted by Crippen LogP contribution is 2.35. The molecule has 2 fully saturated rings. The van der Waals surface area contributed by atoms with E-state index in [1.54, 1.807) is 14.2 Å². The summed E-state index contributed by atoms with van der Waals surface area (Å²) < 4.78 is 10.7. The molecule has 2 aliphatic rings. The molecule has 0 aromatic heterocycles. The van der Waals surface area contributed by atoms with E-state index in [1.165, 1.54) is 0 Å². The maximum Gasteiger partial charge on any atom is 0.232 e. The molecule has 2 saturated heterocycles. The zero-order valence-corrected chi connectivity index (χ0v) is 17.0. The molecule has 1 N–H and O–H groups in total. The molecule has 3 rings (SSSR count). The summed E-state index contributed by atoms with van der Waals surface area (Å²) in [5.41, 5.74) is 0.373. The first-order valence-corrected chi connectivity index (χ1v) is 9.20. The van der Waals surface area contributed by atoms with Crippen LogP contribution in [0.3, 0.4) is 0 Å². The molecule has 1 amide bonds. The van der Waals surface area contributed by atoms with Crippen molar-refractivity contribution in [3.8, 4) is 11.5 Å². The van der Waals surface area contributed by atoms with Gasteiger partial charge in [-0.2, -0.15) is 0 Å². The van der Waals surface area contributed by atoms with Gasteiger partial charge < -0.3 is 19.7 Å². The Labute approximate surface area is 162 Å². The Morgan fingerprint density at radius 3 is 2.19 bits per heavy atom. The van der Waals surface area contributed by atoms with Gasteiger partial charge in [-0.05, 0) is 69.3 Å². The molecule has 146 valence electrons. The van der Waals surface area contributed by atoms with Crippen LogP contribution in [0.1, 0.15) is 32.3 Å². The largest absolute Gasteiger partial charge is 0.493 e. The van der Waals surface area contributed by atoms with Gasteiger partial charge in [-0.3, -0.25) is 4.79 Å². The summed E-state index contributed by atoms with van der Waals surface area (Å²) in [7, 11) is 3.24. The molecule has 0 aliphatic carbocycles. The smallest absolute Gasteiger partial charge is 0.232 e. The van der Waals surface area contributed by atoms with Gasteiger partial charge in [0.2, 0.25) is 5.91 Å². The van der Waals surface area contributed by atoms with Gasteiger partial charge in [-0.25, -0.2) is 0 Å². The zero-order chi connectivity index (χ0) is 18.0. The number of hydrogen-bond donors (Lipinski definition) is 1. The molecule has 1 aromatic rings. The predicted molar refractivity (Wildman–Crippen MR) is 105 cm³/mol. The fourth-order valence-corrected chi connectivity index (χ4v) is 4.16. The number of halogens is 1. The molecule has 2 atom stereocenters. The maximum absolute atomic E-state index is 13.3. The SMILES string of the molecule is COc1ccc(C(C)(C)C(=O)N2CC[C@@H]3CNC[C@@H]3CC2)cc1OC.Cl. The van der Waals surface area contributed by atoms with Gasteiger partial charge in [-0.15, -0.1) is 12.4 Å². The number of likely N-dealkylation sites (tertiary alicyclic amines) is 1. The van der Waals surface area contributed by atoms with Crippen LogP contribution in [-0.2, 0) is 10.2 Å². The normalized spacial score (nSPS) is 22.8. The number of ether oxygens (including phenoxy) is 2. The van der Waals surface area contributed by atoms with Crippen molar-refractivity contribution in [2.75, 3.05) is 40.4 Å². The van der Waals surface area contributed by atoms with Crippen molar-refractivity contribution in [2.24, 2.45) is 11.8 Å². The van der Waals surface area contributed by atoms with Crippen molar-refractivity contribution in [3.63, 3.8) is 0 Å². The summed E-state index contributed by atoms with van der Waals surface area (Å²) in [5, 5.41) is 3.49. The number of fused-ring (bicyclic) bond motifs is 1. The zero-order valence-electron chi connectivity index (χ0n) is 16.2. The monoisotopic (exact) mass is 382 g/mol. The van der Waals surface area contributed by atoms with E-state index in [1.807, 2.05) is 32.0 Å². The quantitative estimate of drug-likeness (QED) is 0.869. The lowest BCUT2D eigenvalue weighted by Crippen LogP contribution is -2.44. The fourth-order valence-electron chi connectivity index (χ4n) is 4.16. The second kappa shape index (κ2) is 8.49. The molecule has 5 nitrogen and oxygen atoms in total. The van der Waals surface area contributed by atoms with Crippen LogP contribution in [0.5, 0.6) is 11.5 Å².